The number of benzene rings is 1. The molecule has 3 aromatic rings. The molecule has 0 atom stereocenters. The number of hydrazine groups is 1. The Morgan fingerprint density at radius 1 is 1.11 bits per heavy atom. The molecule has 0 unspecified atom stereocenters. The average Bonchev–Trinajstić information content (AvgIpc) is 3.08. The van der Waals surface area contributed by atoms with Gasteiger partial charge in [0, 0.05) is 11.8 Å². The van der Waals surface area contributed by atoms with Crippen molar-refractivity contribution in [3.8, 4) is 11.6 Å². The van der Waals surface area contributed by atoms with Crippen LogP contribution in [0.3, 0.4) is 0 Å². The Morgan fingerprint density at radius 3 is 2.63 bits per heavy atom. The van der Waals surface area contributed by atoms with E-state index in [-0.39, 0.29) is 12.3 Å². The van der Waals surface area contributed by atoms with Crippen molar-refractivity contribution in [2.24, 2.45) is 0 Å². The highest BCUT2D eigenvalue weighted by Gasteiger charge is 2.16. The molecule has 2 amide bonds. The number of nitrogens with zero attached hydrogens (tertiary/aromatic N) is 3. The third kappa shape index (κ3) is 4.12. The molecule has 3 rings (SSSR count). The molecule has 1 aromatic carbocycles. The van der Waals surface area contributed by atoms with Crippen molar-refractivity contribution in [1.82, 2.24) is 25.6 Å². The number of pyridine rings is 1. The van der Waals surface area contributed by atoms with Crippen LogP contribution in [0.2, 0.25) is 0 Å². The molecule has 27 heavy (non-hydrogen) atoms. The molecule has 8 heteroatoms. The van der Waals surface area contributed by atoms with Crippen molar-refractivity contribution in [2.75, 3.05) is 7.11 Å². The zero-order chi connectivity index (χ0) is 19.2. The summed E-state index contributed by atoms with van der Waals surface area (Å²) < 4.78 is 6.78. The van der Waals surface area contributed by atoms with E-state index in [1.165, 1.54) is 6.20 Å². The van der Waals surface area contributed by atoms with Gasteiger partial charge in [-0.1, -0.05) is 24.3 Å². The lowest BCUT2D eigenvalue weighted by molar-refractivity contribution is -0.121. The highest BCUT2D eigenvalue weighted by molar-refractivity contribution is 5.96. The minimum atomic E-state index is -0.456. The van der Waals surface area contributed by atoms with Gasteiger partial charge in [-0.25, -0.2) is 9.67 Å². The monoisotopic (exact) mass is 365 g/mol. The summed E-state index contributed by atoms with van der Waals surface area (Å²) in [5, 5.41) is 4.19. The molecule has 0 bridgehead atoms. The van der Waals surface area contributed by atoms with E-state index in [0.717, 1.165) is 5.56 Å². The van der Waals surface area contributed by atoms with Crippen LogP contribution in [0.25, 0.3) is 5.82 Å². The van der Waals surface area contributed by atoms with Gasteiger partial charge >= 0.3 is 0 Å². The maximum atomic E-state index is 12.4. The number of para-hydroxylation sites is 1. The molecular weight excluding hydrogens is 346 g/mol. The Kier molecular flexibility index (Phi) is 5.46. The molecule has 138 valence electrons. The number of carbonyl (C=O) groups excluding carboxylic acids is 2. The first-order valence-electron chi connectivity index (χ1n) is 8.27. The van der Waals surface area contributed by atoms with Crippen LogP contribution in [0.15, 0.2) is 54.9 Å². The molecule has 0 aliphatic rings. The van der Waals surface area contributed by atoms with Crippen LogP contribution in [-0.2, 0) is 11.2 Å². The number of ether oxygens (including phenoxy) is 1. The van der Waals surface area contributed by atoms with Gasteiger partial charge in [0.2, 0.25) is 5.91 Å². The Morgan fingerprint density at radius 2 is 1.89 bits per heavy atom. The van der Waals surface area contributed by atoms with E-state index in [9.17, 15) is 9.59 Å². The van der Waals surface area contributed by atoms with Crippen LogP contribution in [0, 0.1) is 6.92 Å². The van der Waals surface area contributed by atoms with Crippen LogP contribution in [0.5, 0.6) is 5.75 Å². The highest BCUT2D eigenvalue weighted by Crippen LogP contribution is 2.17. The lowest BCUT2D eigenvalue weighted by atomic mass is 10.1. The first kappa shape index (κ1) is 18.1. The van der Waals surface area contributed by atoms with Crippen molar-refractivity contribution < 1.29 is 14.3 Å². The molecule has 0 spiro atoms. The van der Waals surface area contributed by atoms with Gasteiger partial charge in [0.25, 0.3) is 5.91 Å². The second kappa shape index (κ2) is 8.13. The van der Waals surface area contributed by atoms with Gasteiger partial charge in [-0.3, -0.25) is 20.4 Å². The zero-order valence-electron chi connectivity index (χ0n) is 15.0. The molecule has 2 N–H and O–H groups in total. The Hall–Kier alpha value is -3.68. The minimum absolute atomic E-state index is 0.0798. The predicted molar refractivity (Wildman–Crippen MR) is 98.4 cm³/mol. The number of nitrogens with one attached hydrogen (secondary N) is 2. The predicted octanol–water partition coefficient (Wildman–Crippen LogP) is 1.59. The summed E-state index contributed by atoms with van der Waals surface area (Å²) in [5.74, 6) is 0.409. The molecule has 0 radical (unpaired) electrons. The average molecular weight is 365 g/mol. The second-order valence-corrected chi connectivity index (χ2v) is 5.73. The number of methoxy groups -OCH3 is 1. The highest BCUT2D eigenvalue weighted by atomic mass is 16.5. The van der Waals surface area contributed by atoms with Gasteiger partial charge < -0.3 is 4.74 Å². The first-order valence-corrected chi connectivity index (χ1v) is 8.27. The third-order valence-electron chi connectivity index (χ3n) is 3.98. The quantitative estimate of drug-likeness (QED) is 0.669. The fraction of sp³-hybridized carbons (Fsp3) is 0.158. The van der Waals surface area contributed by atoms with Crippen molar-refractivity contribution >= 4 is 11.8 Å². The zero-order valence-corrected chi connectivity index (χ0v) is 15.0. The Balaban J connectivity index is 1.63. The van der Waals surface area contributed by atoms with E-state index < -0.39 is 5.91 Å². The van der Waals surface area contributed by atoms with Crippen LogP contribution >= 0.6 is 0 Å². The molecule has 0 saturated heterocycles. The lowest BCUT2D eigenvalue weighted by Gasteiger charge is -2.10. The largest absolute Gasteiger partial charge is 0.496 e. The maximum absolute atomic E-state index is 12.4. The topological polar surface area (TPSA) is 98.1 Å². The van der Waals surface area contributed by atoms with E-state index in [1.54, 1.807) is 49.2 Å². The van der Waals surface area contributed by atoms with E-state index in [0.29, 0.717) is 22.8 Å². The van der Waals surface area contributed by atoms with Gasteiger partial charge in [-0.15, -0.1) is 0 Å². The van der Waals surface area contributed by atoms with E-state index in [1.807, 2.05) is 18.2 Å². The summed E-state index contributed by atoms with van der Waals surface area (Å²) in [5.41, 5.74) is 6.51. The SMILES string of the molecule is COc1ccccc1CC(=O)NNC(=O)c1cnn(-c2ccccn2)c1C. The van der Waals surface area contributed by atoms with Crippen LogP contribution in [0.4, 0.5) is 0 Å². The van der Waals surface area contributed by atoms with Gasteiger partial charge in [0.15, 0.2) is 5.82 Å². The smallest absolute Gasteiger partial charge is 0.273 e. The third-order valence-corrected chi connectivity index (χ3v) is 3.98. The van der Waals surface area contributed by atoms with Crippen molar-refractivity contribution in [3.63, 3.8) is 0 Å². The molecule has 2 heterocycles. The number of amides is 2. The Bertz CT molecular complexity index is 953. The maximum Gasteiger partial charge on any atom is 0.273 e. The number of hydrogen-bond donors (Lipinski definition) is 2. The van der Waals surface area contributed by atoms with Gasteiger partial charge in [-0.2, -0.15) is 5.10 Å². The van der Waals surface area contributed by atoms with Crippen molar-refractivity contribution in [2.45, 2.75) is 13.3 Å². The van der Waals surface area contributed by atoms with E-state index in [4.69, 9.17) is 4.74 Å². The fourth-order valence-electron chi connectivity index (χ4n) is 2.60. The summed E-state index contributed by atoms with van der Waals surface area (Å²) in [6.45, 7) is 1.76. The molecule has 2 aromatic heterocycles. The summed E-state index contributed by atoms with van der Waals surface area (Å²) >= 11 is 0. The number of rotatable bonds is 5. The van der Waals surface area contributed by atoms with Crippen molar-refractivity contribution in [3.05, 3.63) is 71.7 Å². The fourth-order valence-corrected chi connectivity index (χ4v) is 2.60. The molecule has 8 nitrogen and oxygen atoms in total. The molecule has 0 saturated carbocycles. The molecule has 0 aliphatic heterocycles. The molecule has 0 fully saturated rings. The van der Waals surface area contributed by atoms with E-state index in [2.05, 4.69) is 20.9 Å². The van der Waals surface area contributed by atoms with E-state index >= 15 is 0 Å². The van der Waals surface area contributed by atoms with Crippen LogP contribution in [0.1, 0.15) is 21.6 Å². The molecular formula is C19H19N5O3. The van der Waals surface area contributed by atoms with Gasteiger partial charge in [-0.05, 0) is 25.1 Å². The summed E-state index contributed by atoms with van der Waals surface area (Å²) in [6.07, 6.45) is 3.16. The van der Waals surface area contributed by atoms with Crippen LogP contribution in [-0.4, -0.2) is 33.7 Å². The minimum Gasteiger partial charge on any atom is -0.496 e. The van der Waals surface area contributed by atoms with Gasteiger partial charge in [0.1, 0.15) is 5.75 Å². The van der Waals surface area contributed by atoms with Crippen molar-refractivity contribution in [1.29, 1.82) is 0 Å². The number of aromatic nitrogens is 3. The summed E-state index contributed by atoms with van der Waals surface area (Å²) in [4.78, 5) is 28.7. The summed E-state index contributed by atoms with van der Waals surface area (Å²) in [7, 11) is 1.54. The second-order valence-electron chi connectivity index (χ2n) is 5.73. The number of carbonyl (C=O) groups is 2. The standard InChI is InChI=1S/C19H19N5O3/c1-13-15(12-21-24(13)17-9-5-6-10-20-17)19(26)23-22-18(25)11-14-7-3-4-8-16(14)27-2/h3-10,12H,11H2,1-2H3,(H,22,25)(H,23,26). The molecule has 0 aliphatic carbocycles. The lowest BCUT2D eigenvalue weighted by Crippen LogP contribution is -2.42. The van der Waals surface area contributed by atoms with Gasteiger partial charge in [0.05, 0.1) is 31.0 Å². The number of hydrogen-bond acceptors (Lipinski definition) is 5. The first-order chi connectivity index (χ1) is 13.1. The Labute approximate surface area is 156 Å². The van der Waals surface area contributed by atoms with Crippen LogP contribution < -0.4 is 15.6 Å². The summed E-state index contributed by atoms with van der Waals surface area (Å²) in [6, 6.07) is 12.6. The normalized spacial score (nSPS) is 10.3.